The van der Waals surface area contributed by atoms with Crippen LogP contribution in [0, 0.1) is 11.3 Å². The molecule has 0 N–H and O–H groups in total. The average molecular weight is 476 g/mol. The van der Waals surface area contributed by atoms with E-state index in [-0.39, 0.29) is 11.1 Å². The second-order valence-electron chi connectivity index (χ2n) is 8.42. The van der Waals surface area contributed by atoms with Crippen molar-refractivity contribution in [3.63, 3.8) is 0 Å². The second kappa shape index (κ2) is 10.1. The number of carbonyl (C=O) groups excluding carboxylic acids is 1. The van der Waals surface area contributed by atoms with E-state index in [1.165, 1.54) is 12.1 Å². The van der Waals surface area contributed by atoms with Crippen molar-refractivity contribution in [3.05, 3.63) is 89.0 Å². The van der Waals surface area contributed by atoms with Gasteiger partial charge in [0.15, 0.2) is 5.78 Å². The number of nitrogens with zero attached hydrogens (tertiary/aromatic N) is 3. The molecule has 0 fully saturated rings. The molecule has 4 rings (SSSR count). The maximum Gasteiger partial charge on any atom is 0.417 e. The average Bonchev–Trinajstić information content (AvgIpc) is 3.23. The number of aromatic nitrogens is 2. The minimum absolute atomic E-state index is 0.127. The fourth-order valence-electron chi connectivity index (χ4n) is 4.19. The summed E-state index contributed by atoms with van der Waals surface area (Å²) >= 11 is 0. The quantitative estimate of drug-likeness (QED) is 0.197. The van der Waals surface area contributed by atoms with Crippen LogP contribution >= 0.6 is 0 Å². The molecular weight excluding hydrogens is 451 g/mol. The summed E-state index contributed by atoms with van der Waals surface area (Å²) in [6.07, 6.45) is -0.359. The maximum atomic E-state index is 13.4. The maximum absolute atomic E-state index is 13.4. The molecule has 4 aromatic rings. The summed E-state index contributed by atoms with van der Waals surface area (Å²) in [4.78, 5) is 17.9. The van der Waals surface area contributed by atoms with Crippen molar-refractivity contribution in [2.75, 3.05) is 0 Å². The minimum Gasteiger partial charge on any atom is -0.324 e. The molecule has 3 aromatic carbocycles. The molecule has 7 heteroatoms. The van der Waals surface area contributed by atoms with Crippen LogP contribution in [-0.2, 0) is 12.7 Å². The summed E-state index contributed by atoms with van der Waals surface area (Å²) in [6, 6.07) is 19.4. The standard InChI is InChI=1S/C28H24F3N3O/c1-2-3-4-8-15-34-25-14-13-21(17-24(25)33-27(34)19-9-6-5-7-10-19)26(35)20-11-12-22(18-32)23(16-20)28(29,30)31/h5-7,9-14,16-17H,2-4,8,15H2,1H3. The zero-order valence-corrected chi connectivity index (χ0v) is 19.3. The van der Waals surface area contributed by atoms with Crippen molar-refractivity contribution >= 4 is 16.8 Å². The second-order valence-corrected chi connectivity index (χ2v) is 8.42. The van der Waals surface area contributed by atoms with E-state index in [0.717, 1.165) is 61.3 Å². The number of alkyl halides is 3. The Morgan fingerprint density at radius 3 is 2.37 bits per heavy atom. The van der Waals surface area contributed by atoms with Crippen LogP contribution in [0.4, 0.5) is 13.2 Å². The summed E-state index contributed by atoms with van der Waals surface area (Å²) in [5, 5.41) is 9.01. The zero-order valence-electron chi connectivity index (χ0n) is 19.3. The topological polar surface area (TPSA) is 58.7 Å². The van der Waals surface area contributed by atoms with Crippen molar-refractivity contribution in [1.29, 1.82) is 5.26 Å². The molecule has 35 heavy (non-hydrogen) atoms. The Kier molecular flexibility index (Phi) is 7.02. The Morgan fingerprint density at radius 1 is 0.971 bits per heavy atom. The smallest absolute Gasteiger partial charge is 0.324 e. The van der Waals surface area contributed by atoms with Crippen LogP contribution in [0.2, 0.25) is 0 Å². The number of hydrogen-bond donors (Lipinski definition) is 0. The lowest BCUT2D eigenvalue weighted by molar-refractivity contribution is -0.137. The number of carbonyl (C=O) groups is 1. The number of fused-ring (bicyclic) bond motifs is 1. The van der Waals surface area contributed by atoms with Crippen LogP contribution in [0.5, 0.6) is 0 Å². The zero-order chi connectivity index (χ0) is 25.0. The Hall–Kier alpha value is -3.92. The van der Waals surface area contributed by atoms with Gasteiger partial charge in [-0.25, -0.2) is 4.98 Å². The monoisotopic (exact) mass is 475 g/mol. The first kappa shape index (κ1) is 24.2. The summed E-state index contributed by atoms with van der Waals surface area (Å²) in [5.74, 6) is 0.236. The third-order valence-corrected chi connectivity index (χ3v) is 5.99. The van der Waals surface area contributed by atoms with Crippen LogP contribution in [0.3, 0.4) is 0 Å². The number of rotatable bonds is 8. The number of imidazole rings is 1. The van der Waals surface area contributed by atoms with Gasteiger partial charge in [0.05, 0.1) is 28.2 Å². The summed E-state index contributed by atoms with van der Waals surface area (Å²) in [7, 11) is 0. The lowest BCUT2D eigenvalue weighted by atomic mass is 9.98. The van der Waals surface area contributed by atoms with E-state index in [4.69, 9.17) is 10.2 Å². The molecule has 0 saturated carbocycles. The molecule has 1 heterocycles. The first-order valence-electron chi connectivity index (χ1n) is 11.5. The highest BCUT2D eigenvalue weighted by Gasteiger charge is 2.34. The van der Waals surface area contributed by atoms with Gasteiger partial charge in [0.1, 0.15) is 5.82 Å². The number of benzene rings is 3. The van der Waals surface area contributed by atoms with Gasteiger partial charge in [0, 0.05) is 23.2 Å². The first-order chi connectivity index (χ1) is 16.8. The SMILES string of the molecule is CCCCCCn1c(-c2ccccc2)nc2cc(C(=O)c3ccc(C#N)c(C(F)(F)F)c3)ccc21. The van der Waals surface area contributed by atoms with Gasteiger partial charge in [-0.1, -0.05) is 56.5 Å². The van der Waals surface area contributed by atoms with E-state index in [0.29, 0.717) is 5.52 Å². The molecule has 0 spiro atoms. The van der Waals surface area contributed by atoms with E-state index in [2.05, 4.69) is 11.5 Å². The van der Waals surface area contributed by atoms with Crippen LogP contribution in [0.1, 0.15) is 59.7 Å². The van der Waals surface area contributed by atoms with Crippen molar-refractivity contribution in [2.45, 2.75) is 45.3 Å². The van der Waals surface area contributed by atoms with Gasteiger partial charge in [-0.15, -0.1) is 0 Å². The Balaban J connectivity index is 1.74. The van der Waals surface area contributed by atoms with Crippen LogP contribution in [-0.4, -0.2) is 15.3 Å². The molecule has 0 radical (unpaired) electrons. The summed E-state index contributed by atoms with van der Waals surface area (Å²) in [5.41, 5.74) is 0.911. The van der Waals surface area contributed by atoms with Gasteiger partial charge in [-0.2, -0.15) is 18.4 Å². The largest absolute Gasteiger partial charge is 0.417 e. The first-order valence-corrected chi connectivity index (χ1v) is 11.5. The van der Waals surface area contributed by atoms with Crippen molar-refractivity contribution < 1.29 is 18.0 Å². The lowest BCUT2D eigenvalue weighted by Crippen LogP contribution is -2.11. The van der Waals surface area contributed by atoms with Gasteiger partial charge < -0.3 is 4.57 Å². The van der Waals surface area contributed by atoms with Crippen LogP contribution in [0.25, 0.3) is 22.4 Å². The third-order valence-electron chi connectivity index (χ3n) is 5.99. The normalized spacial score (nSPS) is 11.5. The van der Waals surface area contributed by atoms with E-state index in [9.17, 15) is 18.0 Å². The molecule has 0 bridgehead atoms. The van der Waals surface area contributed by atoms with Gasteiger partial charge in [0.2, 0.25) is 0 Å². The number of hydrogen-bond acceptors (Lipinski definition) is 3. The number of aryl methyl sites for hydroxylation is 1. The predicted molar refractivity (Wildman–Crippen MR) is 129 cm³/mol. The highest BCUT2D eigenvalue weighted by molar-refractivity contribution is 6.10. The fourth-order valence-corrected chi connectivity index (χ4v) is 4.19. The van der Waals surface area contributed by atoms with Crippen LogP contribution < -0.4 is 0 Å². The summed E-state index contributed by atoms with van der Waals surface area (Å²) < 4.78 is 42.3. The highest BCUT2D eigenvalue weighted by atomic mass is 19.4. The Bertz CT molecular complexity index is 1400. The Labute approximate surface area is 201 Å². The number of halogens is 3. The van der Waals surface area contributed by atoms with Gasteiger partial charge in [-0.05, 0) is 42.8 Å². The molecular formula is C28H24F3N3O. The molecule has 0 aliphatic rings. The number of nitriles is 1. The van der Waals surface area contributed by atoms with Crippen molar-refractivity contribution in [2.24, 2.45) is 0 Å². The molecule has 0 atom stereocenters. The molecule has 178 valence electrons. The van der Waals surface area contributed by atoms with E-state index < -0.39 is 23.1 Å². The minimum atomic E-state index is -4.73. The fraction of sp³-hybridized carbons (Fsp3) is 0.250. The van der Waals surface area contributed by atoms with E-state index in [1.807, 2.05) is 30.3 Å². The van der Waals surface area contributed by atoms with Gasteiger partial charge in [-0.3, -0.25) is 4.79 Å². The third kappa shape index (κ3) is 5.12. The highest BCUT2D eigenvalue weighted by Crippen LogP contribution is 2.33. The predicted octanol–water partition coefficient (Wildman–Crippen LogP) is 7.41. The van der Waals surface area contributed by atoms with Gasteiger partial charge in [0.25, 0.3) is 0 Å². The lowest BCUT2D eigenvalue weighted by Gasteiger charge is -2.11. The van der Waals surface area contributed by atoms with E-state index in [1.54, 1.807) is 18.2 Å². The Morgan fingerprint density at radius 2 is 1.69 bits per heavy atom. The summed E-state index contributed by atoms with van der Waals surface area (Å²) in [6.45, 7) is 2.94. The number of unbranched alkanes of at least 4 members (excludes halogenated alkanes) is 3. The number of ketones is 1. The molecule has 0 unspecified atom stereocenters. The van der Waals surface area contributed by atoms with Gasteiger partial charge >= 0.3 is 6.18 Å². The molecule has 0 aliphatic heterocycles. The van der Waals surface area contributed by atoms with Crippen molar-refractivity contribution in [1.82, 2.24) is 9.55 Å². The molecule has 0 saturated heterocycles. The molecule has 1 aromatic heterocycles. The molecule has 4 nitrogen and oxygen atoms in total. The van der Waals surface area contributed by atoms with E-state index >= 15 is 0 Å². The molecule has 0 amide bonds. The van der Waals surface area contributed by atoms with Crippen LogP contribution in [0.15, 0.2) is 66.7 Å². The van der Waals surface area contributed by atoms with Crippen molar-refractivity contribution in [3.8, 4) is 17.5 Å². The molecule has 0 aliphatic carbocycles.